The topological polar surface area (TPSA) is 66.9 Å². The zero-order valence-corrected chi connectivity index (χ0v) is 12.5. The van der Waals surface area contributed by atoms with E-state index in [1.807, 2.05) is 6.07 Å². The molecular weight excluding hydrogens is 276 g/mol. The fraction of sp³-hybridized carbons (Fsp3) is 0.353. The van der Waals surface area contributed by atoms with Gasteiger partial charge in [-0.05, 0) is 31.2 Å². The van der Waals surface area contributed by atoms with Crippen molar-refractivity contribution in [2.45, 2.75) is 31.7 Å². The van der Waals surface area contributed by atoms with Gasteiger partial charge in [-0.1, -0.05) is 30.3 Å². The van der Waals surface area contributed by atoms with Crippen LogP contribution in [0, 0.1) is 0 Å². The summed E-state index contributed by atoms with van der Waals surface area (Å²) in [5.41, 5.74) is 1.85. The van der Waals surface area contributed by atoms with Crippen molar-refractivity contribution in [3.05, 3.63) is 53.9 Å². The van der Waals surface area contributed by atoms with E-state index in [9.17, 15) is 4.79 Å². The standard InChI is InChI=1S/C17H20N4O/c22-16(21-15-8-9-15)14-11-19-17(20-12-14)18-10-4-7-13-5-2-1-3-6-13/h1-3,5-6,11-12,15H,4,7-10H2,(H,21,22)(H,18,19,20). The van der Waals surface area contributed by atoms with Gasteiger partial charge in [0.05, 0.1) is 5.56 Å². The third kappa shape index (κ3) is 4.28. The molecule has 1 aliphatic carbocycles. The van der Waals surface area contributed by atoms with Crippen molar-refractivity contribution in [2.75, 3.05) is 11.9 Å². The van der Waals surface area contributed by atoms with Crippen LogP contribution in [-0.2, 0) is 6.42 Å². The normalized spacial score (nSPS) is 13.6. The number of benzene rings is 1. The molecule has 1 heterocycles. The number of nitrogens with zero attached hydrogens (tertiary/aromatic N) is 2. The Labute approximate surface area is 130 Å². The summed E-state index contributed by atoms with van der Waals surface area (Å²) in [5, 5.41) is 6.10. The minimum Gasteiger partial charge on any atom is -0.354 e. The highest BCUT2D eigenvalue weighted by molar-refractivity contribution is 5.94. The molecule has 0 radical (unpaired) electrons. The highest BCUT2D eigenvalue weighted by Gasteiger charge is 2.23. The van der Waals surface area contributed by atoms with Crippen LogP contribution in [0.5, 0.6) is 0 Å². The van der Waals surface area contributed by atoms with Gasteiger partial charge in [0, 0.05) is 25.0 Å². The van der Waals surface area contributed by atoms with Crippen molar-refractivity contribution < 1.29 is 4.79 Å². The molecule has 1 fully saturated rings. The molecule has 1 aromatic carbocycles. The predicted molar refractivity (Wildman–Crippen MR) is 85.8 cm³/mol. The van der Waals surface area contributed by atoms with E-state index < -0.39 is 0 Å². The molecule has 1 saturated carbocycles. The quantitative estimate of drug-likeness (QED) is 0.770. The van der Waals surface area contributed by atoms with Crippen molar-refractivity contribution in [1.29, 1.82) is 0 Å². The smallest absolute Gasteiger partial charge is 0.254 e. The molecule has 5 nitrogen and oxygen atoms in total. The SMILES string of the molecule is O=C(NC1CC1)c1cnc(NCCCc2ccccc2)nc1. The summed E-state index contributed by atoms with van der Waals surface area (Å²) >= 11 is 0. The number of rotatable bonds is 7. The Bertz CT molecular complexity index is 608. The highest BCUT2D eigenvalue weighted by Crippen LogP contribution is 2.19. The Morgan fingerprint density at radius 1 is 1.14 bits per heavy atom. The largest absolute Gasteiger partial charge is 0.354 e. The molecule has 1 amide bonds. The molecule has 1 aliphatic rings. The summed E-state index contributed by atoms with van der Waals surface area (Å²) in [6.07, 6.45) is 7.34. The molecule has 2 N–H and O–H groups in total. The second-order valence-corrected chi connectivity index (χ2v) is 5.56. The fourth-order valence-corrected chi connectivity index (χ4v) is 2.17. The van der Waals surface area contributed by atoms with E-state index in [2.05, 4.69) is 44.9 Å². The van der Waals surface area contributed by atoms with Gasteiger partial charge in [0.2, 0.25) is 5.95 Å². The van der Waals surface area contributed by atoms with Crippen molar-refractivity contribution in [3.63, 3.8) is 0 Å². The third-order valence-corrected chi connectivity index (χ3v) is 3.59. The number of hydrogen-bond donors (Lipinski definition) is 2. The van der Waals surface area contributed by atoms with Crippen molar-refractivity contribution in [3.8, 4) is 0 Å². The zero-order valence-electron chi connectivity index (χ0n) is 12.5. The van der Waals surface area contributed by atoms with E-state index in [0.29, 0.717) is 17.6 Å². The molecule has 0 spiro atoms. The van der Waals surface area contributed by atoms with E-state index in [4.69, 9.17) is 0 Å². The lowest BCUT2D eigenvalue weighted by Crippen LogP contribution is -2.25. The fourth-order valence-electron chi connectivity index (χ4n) is 2.17. The third-order valence-electron chi connectivity index (χ3n) is 3.59. The average molecular weight is 296 g/mol. The lowest BCUT2D eigenvalue weighted by Gasteiger charge is -2.06. The Morgan fingerprint density at radius 3 is 2.55 bits per heavy atom. The maximum Gasteiger partial charge on any atom is 0.254 e. The second-order valence-electron chi connectivity index (χ2n) is 5.56. The van der Waals surface area contributed by atoms with Gasteiger partial charge < -0.3 is 10.6 Å². The zero-order chi connectivity index (χ0) is 15.2. The van der Waals surface area contributed by atoms with Crippen LogP contribution < -0.4 is 10.6 Å². The Balaban J connectivity index is 1.41. The van der Waals surface area contributed by atoms with E-state index in [1.54, 1.807) is 12.4 Å². The van der Waals surface area contributed by atoms with Gasteiger partial charge in [-0.15, -0.1) is 0 Å². The summed E-state index contributed by atoms with van der Waals surface area (Å²) in [5.74, 6) is 0.481. The summed E-state index contributed by atoms with van der Waals surface area (Å²) < 4.78 is 0. The van der Waals surface area contributed by atoms with Crippen molar-refractivity contribution in [1.82, 2.24) is 15.3 Å². The Kier molecular flexibility index (Phi) is 4.63. The number of aromatic nitrogens is 2. The summed E-state index contributed by atoms with van der Waals surface area (Å²) in [6, 6.07) is 10.7. The van der Waals surface area contributed by atoms with Gasteiger partial charge in [0.15, 0.2) is 0 Å². The number of carbonyl (C=O) groups is 1. The minimum atomic E-state index is -0.0851. The summed E-state index contributed by atoms with van der Waals surface area (Å²) in [4.78, 5) is 20.2. The molecule has 0 unspecified atom stereocenters. The summed E-state index contributed by atoms with van der Waals surface area (Å²) in [6.45, 7) is 0.808. The van der Waals surface area contributed by atoms with Gasteiger partial charge in [-0.3, -0.25) is 4.79 Å². The molecule has 5 heteroatoms. The number of amides is 1. The average Bonchev–Trinajstić information content (AvgIpc) is 3.37. The molecule has 0 saturated heterocycles. The number of carbonyl (C=O) groups excluding carboxylic acids is 1. The van der Waals surface area contributed by atoms with Crippen LogP contribution in [-0.4, -0.2) is 28.5 Å². The maximum atomic E-state index is 11.8. The molecule has 114 valence electrons. The monoisotopic (exact) mass is 296 g/mol. The first-order valence-electron chi connectivity index (χ1n) is 7.72. The summed E-state index contributed by atoms with van der Waals surface area (Å²) in [7, 11) is 0. The molecular formula is C17H20N4O. The second kappa shape index (κ2) is 7.02. The van der Waals surface area contributed by atoms with Crippen LogP contribution in [0.3, 0.4) is 0 Å². The lowest BCUT2D eigenvalue weighted by molar-refractivity contribution is 0.0950. The predicted octanol–water partition coefficient (Wildman–Crippen LogP) is 2.41. The van der Waals surface area contributed by atoms with E-state index in [0.717, 1.165) is 32.2 Å². The number of aryl methyl sites for hydroxylation is 1. The van der Waals surface area contributed by atoms with Gasteiger partial charge in [-0.2, -0.15) is 0 Å². The van der Waals surface area contributed by atoms with E-state index in [-0.39, 0.29) is 5.91 Å². The first-order chi connectivity index (χ1) is 10.8. The number of hydrogen-bond acceptors (Lipinski definition) is 4. The van der Waals surface area contributed by atoms with Crippen LogP contribution in [0.4, 0.5) is 5.95 Å². The lowest BCUT2D eigenvalue weighted by atomic mass is 10.1. The molecule has 3 rings (SSSR count). The molecule has 22 heavy (non-hydrogen) atoms. The van der Waals surface area contributed by atoms with E-state index >= 15 is 0 Å². The first kappa shape index (κ1) is 14.5. The molecule has 1 aromatic heterocycles. The number of nitrogens with one attached hydrogen (secondary N) is 2. The van der Waals surface area contributed by atoms with Gasteiger partial charge in [-0.25, -0.2) is 9.97 Å². The highest BCUT2D eigenvalue weighted by atomic mass is 16.1. The van der Waals surface area contributed by atoms with Crippen molar-refractivity contribution >= 4 is 11.9 Å². The van der Waals surface area contributed by atoms with Crippen LogP contribution in [0.2, 0.25) is 0 Å². The molecule has 0 bridgehead atoms. The van der Waals surface area contributed by atoms with Crippen LogP contribution in [0.1, 0.15) is 35.2 Å². The molecule has 0 atom stereocenters. The van der Waals surface area contributed by atoms with E-state index in [1.165, 1.54) is 5.56 Å². The van der Waals surface area contributed by atoms with Gasteiger partial charge >= 0.3 is 0 Å². The van der Waals surface area contributed by atoms with Crippen LogP contribution in [0.15, 0.2) is 42.7 Å². The Hall–Kier alpha value is -2.43. The van der Waals surface area contributed by atoms with Crippen molar-refractivity contribution in [2.24, 2.45) is 0 Å². The Morgan fingerprint density at radius 2 is 1.86 bits per heavy atom. The van der Waals surface area contributed by atoms with Crippen LogP contribution in [0.25, 0.3) is 0 Å². The maximum absolute atomic E-state index is 11.8. The van der Waals surface area contributed by atoms with Gasteiger partial charge in [0.25, 0.3) is 5.91 Å². The van der Waals surface area contributed by atoms with Gasteiger partial charge in [0.1, 0.15) is 0 Å². The molecule has 2 aromatic rings. The number of anilines is 1. The molecule has 0 aliphatic heterocycles. The van der Waals surface area contributed by atoms with Crippen LogP contribution >= 0.6 is 0 Å². The minimum absolute atomic E-state index is 0.0851. The first-order valence-corrected chi connectivity index (χ1v) is 7.72.